The monoisotopic (exact) mass is 336 g/mol. The summed E-state index contributed by atoms with van der Waals surface area (Å²) < 4.78 is 0. The van der Waals surface area contributed by atoms with Crippen molar-refractivity contribution in [2.24, 2.45) is 0 Å². The Morgan fingerprint density at radius 1 is 1.12 bits per heavy atom. The van der Waals surface area contributed by atoms with Gasteiger partial charge in [0.1, 0.15) is 5.69 Å². The van der Waals surface area contributed by atoms with Gasteiger partial charge in [0.25, 0.3) is 5.91 Å². The normalized spacial score (nSPS) is 10.3. The topological polar surface area (TPSA) is 113 Å². The predicted octanol–water partition coefficient (Wildman–Crippen LogP) is 2.39. The molecule has 8 nitrogen and oxygen atoms in total. The third kappa shape index (κ3) is 3.86. The molecule has 0 aliphatic heterocycles. The van der Waals surface area contributed by atoms with Crippen LogP contribution in [-0.2, 0) is 4.79 Å². The van der Waals surface area contributed by atoms with Crippen LogP contribution in [0, 0.1) is 6.92 Å². The summed E-state index contributed by atoms with van der Waals surface area (Å²) in [5.74, 6) is 0.0267. The van der Waals surface area contributed by atoms with Crippen molar-refractivity contribution < 1.29 is 9.59 Å². The van der Waals surface area contributed by atoms with E-state index in [0.717, 1.165) is 5.56 Å². The minimum absolute atomic E-state index is 0.146. The number of amides is 2. The molecule has 0 bridgehead atoms. The first-order valence-electron chi connectivity index (χ1n) is 7.56. The van der Waals surface area contributed by atoms with E-state index < -0.39 is 0 Å². The number of pyridine rings is 1. The maximum absolute atomic E-state index is 12.4. The summed E-state index contributed by atoms with van der Waals surface area (Å²) in [6.07, 6.45) is 1.64. The molecule has 1 aromatic carbocycles. The second-order valence-electron chi connectivity index (χ2n) is 5.39. The maximum Gasteiger partial charge on any atom is 0.258 e. The van der Waals surface area contributed by atoms with Gasteiger partial charge >= 0.3 is 0 Å². The quantitative estimate of drug-likeness (QED) is 0.677. The molecule has 2 amide bonds. The van der Waals surface area contributed by atoms with Crippen LogP contribution in [0.5, 0.6) is 0 Å². The van der Waals surface area contributed by atoms with Gasteiger partial charge in [0.2, 0.25) is 11.9 Å². The van der Waals surface area contributed by atoms with Crippen LogP contribution in [0.1, 0.15) is 22.8 Å². The Morgan fingerprint density at radius 2 is 1.96 bits per heavy atom. The first kappa shape index (κ1) is 16.3. The molecule has 0 spiro atoms. The molecule has 3 aromatic rings. The summed E-state index contributed by atoms with van der Waals surface area (Å²) in [5, 5.41) is 12.0. The molecular weight excluding hydrogens is 320 g/mol. The summed E-state index contributed by atoms with van der Waals surface area (Å²) in [5.41, 5.74) is 2.46. The fourth-order valence-electron chi connectivity index (χ4n) is 2.20. The van der Waals surface area contributed by atoms with Gasteiger partial charge in [0, 0.05) is 24.4 Å². The minimum atomic E-state index is -0.377. The third-order valence-corrected chi connectivity index (χ3v) is 3.43. The van der Waals surface area contributed by atoms with E-state index in [0.29, 0.717) is 22.8 Å². The summed E-state index contributed by atoms with van der Waals surface area (Å²) >= 11 is 0. The molecule has 0 unspecified atom stereocenters. The summed E-state index contributed by atoms with van der Waals surface area (Å²) in [6.45, 7) is 3.26. The molecule has 2 heterocycles. The Bertz CT molecular complexity index is 920. The van der Waals surface area contributed by atoms with Crippen molar-refractivity contribution in [3.8, 4) is 11.5 Å². The van der Waals surface area contributed by atoms with Gasteiger partial charge in [-0.15, -0.1) is 5.10 Å². The number of anilines is 2. The number of hydrogen-bond donors (Lipinski definition) is 3. The van der Waals surface area contributed by atoms with Gasteiger partial charge in [-0.2, -0.15) is 4.98 Å². The van der Waals surface area contributed by atoms with E-state index >= 15 is 0 Å². The van der Waals surface area contributed by atoms with Gasteiger partial charge in [-0.05, 0) is 36.8 Å². The standard InChI is InChI=1S/C17H16N6O2/c1-10-6-7-12(9-14(10)19-11(2)24)16(25)21-17-20-15(22-23-17)13-5-3-4-8-18-13/h3-9H,1-2H3,(H,19,24)(H2,20,21,22,23,25). The van der Waals surface area contributed by atoms with Crippen molar-refractivity contribution in [3.63, 3.8) is 0 Å². The molecule has 2 aromatic heterocycles. The average molecular weight is 336 g/mol. The van der Waals surface area contributed by atoms with Crippen molar-refractivity contribution >= 4 is 23.5 Å². The number of nitrogens with zero attached hydrogens (tertiary/aromatic N) is 3. The fraction of sp³-hybridized carbons (Fsp3) is 0.118. The fourth-order valence-corrected chi connectivity index (χ4v) is 2.20. The molecule has 25 heavy (non-hydrogen) atoms. The molecule has 0 fully saturated rings. The lowest BCUT2D eigenvalue weighted by molar-refractivity contribution is -0.114. The number of H-pyrrole nitrogens is 1. The molecule has 0 aliphatic rings. The number of hydrogen-bond acceptors (Lipinski definition) is 5. The van der Waals surface area contributed by atoms with Crippen molar-refractivity contribution in [2.75, 3.05) is 10.6 Å². The summed E-state index contributed by atoms with van der Waals surface area (Å²) in [6, 6.07) is 10.5. The predicted molar refractivity (Wildman–Crippen MR) is 93.0 cm³/mol. The largest absolute Gasteiger partial charge is 0.326 e. The van der Waals surface area contributed by atoms with E-state index in [4.69, 9.17) is 0 Å². The highest BCUT2D eigenvalue weighted by molar-refractivity contribution is 6.04. The van der Waals surface area contributed by atoms with Crippen LogP contribution in [0.25, 0.3) is 11.5 Å². The van der Waals surface area contributed by atoms with Crippen molar-refractivity contribution in [2.45, 2.75) is 13.8 Å². The van der Waals surface area contributed by atoms with Crippen LogP contribution < -0.4 is 10.6 Å². The van der Waals surface area contributed by atoms with Gasteiger partial charge in [0.05, 0.1) is 0 Å². The molecule has 0 saturated heterocycles. The molecule has 3 N–H and O–H groups in total. The number of rotatable bonds is 4. The first-order chi connectivity index (χ1) is 12.0. The number of nitrogens with one attached hydrogen (secondary N) is 3. The Balaban J connectivity index is 1.77. The number of aromatic nitrogens is 4. The lowest BCUT2D eigenvalue weighted by Gasteiger charge is -2.08. The van der Waals surface area contributed by atoms with Crippen molar-refractivity contribution in [1.29, 1.82) is 0 Å². The van der Waals surface area contributed by atoms with Gasteiger partial charge in [0.15, 0.2) is 5.82 Å². The van der Waals surface area contributed by atoms with E-state index in [1.165, 1.54) is 6.92 Å². The molecular formula is C17H16N6O2. The van der Waals surface area contributed by atoms with Crippen LogP contribution in [0.2, 0.25) is 0 Å². The smallest absolute Gasteiger partial charge is 0.258 e. The molecule has 0 radical (unpaired) electrons. The van der Waals surface area contributed by atoms with E-state index in [2.05, 4.69) is 30.8 Å². The number of carbonyl (C=O) groups excluding carboxylic acids is 2. The highest BCUT2D eigenvalue weighted by atomic mass is 16.2. The van der Waals surface area contributed by atoms with Crippen LogP contribution >= 0.6 is 0 Å². The SMILES string of the molecule is CC(=O)Nc1cc(C(=O)Nc2n[nH]c(-c3ccccn3)n2)ccc1C. The number of carbonyl (C=O) groups is 2. The Hall–Kier alpha value is -3.55. The minimum Gasteiger partial charge on any atom is -0.326 e. The second-order valence-corrected chi connectivity index (χ2v) is 5.39. The number of aryl methyl sites for hydroxylation is 1. The molecule has 8 heteroatoms. The van der Waals surface area contributed by atoms with Crippen LogP contribution in [-0.4, -0.2) is 32.0 Å². The van der Waals surface area contributed by atoms with Crippen LogP contribution in [0.3, 0.4) is 0 Å². The molecule has 0 atom stereocenters. The summed E-state index contributed by atoms with van der Waals surface area (Å²) in [7, 11) is 0. The van der Waals surface area contributed by atoms with Gasteiger partial charge < -0.3 is 5.32 Å². The Kier molecular flexibility index (Phi) is 4.51. The van der Waals surface area contributed by atoms with E-state index in [9.17, 15) is 9.59 Å². The zero-order valence-corrected chi connectivity index (χ0v) is 13.7. The zero-order chi connectivity index (χ0) is 17.8. The Morgan fingerprint density at radius 3 is 2.68 bits per heavy atom. The zero-order valence-electron chi connectivity index (χ0n) is 13.7. The first-order valence-corrected chi connectivity index (χ1v) is 7.56. The molecule has 0 aliphatic carbocycles. The molecule has 0 saturated carbocycles. The van der Waals surface area contributed by atoms with Crippen molar-refractivity contribution in [3.05, 3.63) is 53.7 Å². The average Bonchev–Trinajstić information content (AvgIpc) is 3.05. The van der Waals surface area contributed by atoms with Gasteiger partial charge in [-0.1, -0.05) is 12.1 Å². The second kappa shape index (κ2) is 6.91. The Labute approximate surface area is 143 Å². The van der Waals surface area contributed by atoms with Crippen molar-refractivity contribution in [1.82, 2.24) is 20.2 Å². The molecule has 3 rings (SSSR count). The maximum atomic E-state index is 12.4. The lowest BCUT2D eigenvalue weighted by atomic mass is 10.1. The van der Waals surface area contributed by atoms with Gasteiger partial charge in [-0.25, -0.2) is 0 Å². The van der Waals surface area contributed by atoms with E-state index in [1.54, 1.807) is 36.5 Å². The van der Waals surface area contributed by atoms with Crippen LogP contribution in [0.15, 0.2) is 42.6 Å². The third-order valence-electron chi connectivity index (χ3n) is 3.43. The highest BCUT2D eigenvalue weighted by Gasteiger charge is 2.13. The van der Waals surface area contributed by atoms with E-state index in [-0.39, 0.29) is 17.8 Å². The van der Waals surface area contributed by atoms with Gasteiger partial charge in [-0.3, -0.25) is 25.0 Å². The molecule has 126 valence electrons. The van der Waals surface area contributed by atoms with E-state index in [1.807, 2.05) is 13.0 Å². The summed E-state index contributed by atoms with van der Waals surface area (Å²) in [4.78, 5) is 32.0. The number of benzene rings is 1. The lowest BCUT2D eigenvalue weighted by Crippen LogP contribution is -2.14. The van der Waals surface area contributed by atoms with Crippen LogP contribution in [0.4, 0.5) is 11.6 Å². The number of aromatic amines is 1. The highest BCUT2D eigenvalue weighted by Crippen LogP contribution is 2.18.